The zero-order chi connectivity index (χ0) is 27.0. The number of rotatable bonds is 5. The van der Waals surface area contributed by atoms with Gasteiger partial charge in [0.05, 0.1) is 20.5 Å². The molecule has 0 radical (unpaired) electrons. The highest BCUT2D eigenvalue weighted by Crippen LogP contribution is 2.70. The molecule has 0 spiro atoms. The van der Waals surface area contributed by atoms with Gasteiger partial charge in [-0.15, -0.1) is 0 Å². The number of amides is 2. The predicted octanol–water partition coefficient (Wildman–Crippen LogP) is 4.93. The van der Waals surface area contributed by atoms with Gasteiger partial charge >= 0.3 is 5.97 Å². The number of alkyl halides is 2. The largest absolute Gasteiger partial charge is 0.456 e. The molecule has 1 fully saturated rings. The fourth-order valence-electron chi connectivity index (χ4n) is 6.20. The van der Waals surface area contributed by atoms with Gasteiger partial charge in [0.15, 0.2) is 12.4 Å². The molecule has 3 aromatic carbocycles. The first kappa shape index (κ1) is 25.2. The lowest BCUT2D eigenvalue weighted by molar-refractivity contribution is -0.152. The maximum absolute atomic E-state index is 13.9. The average molecular weight is 637 g/mol. The zero-order valence-electron chi connectivity index (χ0n) is 20.7. The normalized spacial score (nSPS) is 26.6. The molecule has 2 bridgehead atoms. The highest BCUT2D eigenvalue weighted by atomic mass is 79.9. The summed E-state index contributed by atoms with van der Waals surface area (Å²) in [5.74, 6) is -3.56. The Balaban J connectivity index is 1.28. The van der Waals surface area contributed by atoms with E-state index in [1.165, 1.54) is 0 Å². The molecule has 2 amide bonds. The van der Waals surface area contributed by atoms with E-state index in [1.807, 2.05) is 68.4 Å². The van der Waals surface area contributed by atoms with E-state index < -0.39 is 51.4 Å². The Hall–Kier alpha value is -3.10. The molecule has 1 aliphatic heterocycles. The molecule has 6 nitrogen and oxygen atoms in total. The molecule has 1 saturated heterocycles. The van der Waals surface area contributed by atoms with E-state index in [9.17, 15) is 19.2 Å². The standard InChI is InChI=1S/C30H23Br2NO5/c1-16-11-12-18(13-17(16)2)23(34)15-38-24(35)14-33-27(36)25-26(28(33)37)30(32)20-8-4-3-7-19(20)29(25,31)21-9-5-6-10-22(21)30/h3-13,25-26H,14-15H2,1-2H3. The molecule has 8 heteroatoms. The summed E-state index contributed by atoms with van der Waals surface area (Å²) in [5, 5.41) is 0. The Morgan fingerprint density at radius 1 is 0.789 bits per heavy atom. The van der Waals surface area contributed by atoms with E-state index in [-0.39, 0.29) is 5.78 Å². The quantitative estimate of drug-likeness (QED) is 0.172. The minimum absolute atomic E-state index is 0.350. The fourth-order valence-corrected chi connectivity index (χ4v) is 8.50. The summed E-state index contributed by atoms with van der Waals surface area (Å²) < 4.78 is 3.37. The van der Waals surface area contributed by atoms with Gasteiger partial charge in [0.25, 0.3) is 0 Å². The molecule has 192 valence electrons. The molecule has 1 heterocycles. The Morgan fingerprint density at radius 3 is 1.71 bits per heavy atom. The number of likely N-dealkylation sites (tertiary alicyclic amines) is 1. The summed E-state index contributed by atoms with van der Waals surface area (Å²) in [6.45, 7) is 2.83. The molecule has 0 N–H and O–H groups in total. The van der Waals surface area contributed by atoms with Gasteiger partial charge in [-0.05, 0) is 53.3 Å². The first-order valence-electron chi connectivity index (χ1n) is 12.3. The Labute approximate surface area is 236 Å². The molecule has 38 heavy (non-hydrogen) atoms. The second-order valence-electron chi connectivity index (χ2n) is 10.1. The molecule has 7 rings (SSSR count). The number of aryl methyl sites for hydroxylation is 2. The number of hydrogen-bond donors (Lipinski definition) is 0. The monoisotopic (exact) mass is 635 g/mol. The van der Waals surface area contributed by atoms with Crippen molar-refractivity contribution in [2.45, 2.75) is 22.5 Å². The number of nitrogens with zero attached hydrogens (tertiary/aromatic N) is 1. The summed E-state index contributed by atoms with van der Waals surface area (Å²) >= 11 is 7.86. The van der Waals surface area contributed by atoms with Crippen molar-refractivity contribution < 1.29 is 23.9 Å². The summed E-state index contributed by atoms with van der Waals surface area (Å²) in [7, 11) is 0. The molecule has 0 aromatic heterocycles. The summed E-state index contributed by atoms with van der Waals surface area (Å²) in [4.78, 5) is 54.1. The number of benzene rings is 3. The lowest BCUT2D eigenvalue weighted by Crippen LogP contribution is -2.56. The number of ether oxygens (including phenoxy) is 1. The van der Waals surface area contributed by atoms with Gasteiger partial charge in [-0.25, -0.2) is 0 Å². The number of Topliss-reactive ketones (excluding diaryl/α,β-unsaturated/α-hetero) is 1. The first-order valence-corrected chi connectivity index (χ1v) is 13.9. The van der Waals surface area contributed by atoms with Gasteiger partial charge in [-0.2, -0.15) is 0 Å². The van der Waals surface area contributed by atoms with Crippen LogP contribution >= 0.6 is 31.9 Å². The van der Waals surface area contributed by atoms with E-state index in [0.29, 0.717) is 5.56 Å². The third kappa shape index (κ3) is 3.29. The van der Waals surface area contributed by atoms with Gasteiger partial charge in [0.2, 0.25) is 11.8 Å². The van der Waals surface area contributed by atoms with Crippen LogP contribution < -0.4 is 0 Å². The first-order chi connectivity index (χ1) is 18.1. The third-order valence-corrected chi connectivity index (χ3v) is 10.9. The predicted molar refractivity (Wildman–Crippen MR) is 147 cm³/mol. The van der Waals surface area contributed by atoms with E-state index in [1.54, 1.807) is 12.1 Å². The van der Waals surface area contributed by atoms with Crippen molar-refractivity contribution in [2.24, 2.45) is 11.8 Å². The van der Waals surface area contributed by atoms with Crippen molar-refractivity contribution in [1.82, 2.24) is 4.90 Å². The summed E-state index contributed by atoms with van der Waals surface area (Å²) in [6.07, 6.45) is 0. The zero-order valence-corrected chi connectivity index (χ0v) is 23.8. The fraction of sp³-hybridized carbons (Fsp3) is 0.267. The highest BCUT2D eigenvalue weighted by Gasteiger charge is 2.72. The van der Waals surface area contributed by atoms with Crippen LogP contribution in [0.5, 0.6) is 0 Å². The second kappa shape index (κ2) is 8.71. The van der Waals surface area contributed by atoms with Gasteiger partial charge in [-0.3, -0.25) is 24.1 Å². The van der Waals surface area contributed by atoms with Crippen LogP contribution in [-0.2, 0) is 27.8 Å². The van der Waals surface area contributed by atoms with Gasteiger partial charge in [0, 0.05) is 5.56 Å². The summed E-state index contributed by atoms with van der Waals surface area (Å²) in [5.41, 5.74) is 6.13. The Morgan fingerprint density at radius 2 is 1.26 bits per heavy atom. The molecule has 2 atom stereocenters. The van der Waals surface area contributed by atoms with Gasteiger partial charge < -0.3 is 4.74 Å². The van der Waals surface area contributed by atoms with Crippen LogP contribution in [0.25, 0.3) is 0 Å². The molecular weight excluding hydrogens is 614 g/mol. The lowest BCUT2D eigenvalue weighted by atomic mass is 9.54. The molecule has 4 aliphatic rings. The minimum Gasteiger partial charge on any atom is -0.456 e. The second-order valence-corrected chi connectivity index (χ2v) is 12.6. The third-order valence-electron chi connectivity index (χ3n) is 8.16. The maximum Gasteiger partial charge on any atom is 0.326 e. The van der Waals surface area contributed by atoms with Crippen molar-refractivity contribution in [1.29, 1.82) is 0 Å². The van der Waals surface area contributed by atoms with E-state index >= 15 is 0 Å². The Kier molecular flexibility index (Phi) is 5.78. The van der Waals surface area contributed by atoms with Gasteiger partial charge in [-0.1, -0.05) is 92.5 Å². The van der Waals surface area contributed by atoms with E-state index in [2.05, 4.69) is 31.9 Å². The van der Waals surface area contributed by atoms with Crippen molar-refractivity contribution >= 4 is 55.4 Å². The number of ketones is 1. The minimum atomic E-state index is -0.926. The number of carbonyl (C=O) groups is 4. The van der Waals surface area contributed by atoms with Crippen molar-refractivity contribution in [2.75, 3.05) is 13.2 Å². The van der Waals surface area contributed by atoms with E-state index in [0.717, 1.165) is 38.3 Å². The van der Waals surface area contributed by atoms with Crippen molar-refractivity contribution in [3.63, 3.8) is 0 Å². The lowest BCUT2D eigenvalue weighted by Gasteiger charge is -2.55. The molecule has 0 saturated carbocycles. The summed E-state index contributed by atoms with van der Waals surface area (Å²) in [6, 6.07) is 20.8. The van der Waals surface area contributed by atoms with Crippen LogP contribution in [0.15, 0.2) is 66.7 Å². The number of halogens is 2. The highest BCUT2D eigenvalue weighted by molar-refractivity contribution is 9.10. The molecule has 3 aromatic rings. The van der Waals surface area contributed by atoms with Gasteiger partial charge in [0.1, 0.15) is 6.54 Å². The maximum atomic E-state index is 13.9. The Bertz CT molecular complexity index is 1440. The molecule has 3 aliphatic carbocycles. The smallest absolute Gasteiger partial charge is 0.326 e. The van der Waals surface area contributed by atoms with Crippen LogP contribution in [0.3, 0.4) is 0 Å². The number of carbonyl (C=O) groups excluding carboxylic acids is 4. The topological polar surface area (TPSA) is 80.8 Å². The number of esters is 1. The van der Waals surface area contributed by atoms with E-state index in [4.69, 9.17) is 4.74 Å². The van der Waals surface area contributed by atoms with Crippen LogP contribution in [0, 0.1) is 25.7 Å². The SMILES string of the molecule is Cc1ccc(C(=O)COC(=O)CN2C(=O)C3C(C2=O)C2(Br)c4ccccc4C3(Br)c3ccccc32)cc1C. The molecule has 2 unspecified atom stereocenters. The van der Waals surface area contributed by atoms with Crippen LogP contribution in [0.4, 0.5) is 0 Å². The van der Waals surface area contributed by atoms with Crippen LogP contribution in [-0.4, -0.2) is 41.6 Å². The van der Waals surface area contributed by atoms with Crippen LogP contribution in [0.2, 0.25) is 0 Å². The molecular formula is C30H23Br2NO5. The average Bonchev–Trinajstić information content (AvgIpc) is 3.18. The number of imide groups is 1. The van der Waals surface area contributed by atoms with Crippen molar-refractivity contribution in [3.8, 4) is 0 Å². The van der Waals surface area contributed by atoms with Crippen molar-refractivity contribution in [3.05, 3.63) is 106 Å². The number of hydrogen-bond acceptors (Lipinski definition) is 5. The van der Waals surface area contributed by atoms with Crippen LogP contribution in [0.1, 0.15) is 43.7 Å².